The molecule has 0 amide bonds. The van der Waals surface area contributed by atoms with Crippen LogP contribution in [0.2, 0.25) is 0 Å². The second kappa shape index (κ2) is 3.11. The van der Waals surface area contributed by atoms with Crippen LogP contribution in [0.5, 0.6) is 0 Å². The van der Waals surface area contributed by atoms with Gasteiger partial charge in [0.25, 0.3) is 0 Å². The minimum Gasteiger partial charge on any atom is -0.375 e. The van der Waals surface area contributed by atoms with E-state index in [2.05, 4.69) is 6.92 Å². The smallest absolute Gasteiger partial charge is 0.0704 e. The molecule has 2 nitrogen and oxygen atoms in total. The zero-order valence-electron chi connectivity index (χ0n) is 7.08. The van der Waals surface area contributed by atoms with E-state index in [0.717, 1.165) is 13.2 Å². The lowest BCUT2D eigenvalue weighted by atomic mass is 9.85. The molecule has 2 heteroatoms. The summed E-state index contributed by atoms with van der Waals surface area (Å²) in [5, 5.41) is 0. The van der Waals surface area contributed by atoms with Crippen LogP contribution in [0.4, 0.5) is 0 Å². The molecule has 1 saturated heterocycles. The zero-order chi connectivity index (χ0) is 7.68. The first-order valence-electron chi connectivity index (χ1n) is 4.61. The van der Waals surface area contributed by atoms with E-state index in [9.17, 15) is 0 Å². The van der Waals surface area contributed by atoms with E-state index < -0.39 is 0 Å². The molecule has 1 heterocycles. The highest BCUT2D eigenvalue weighted by Gasteiger charge is 2.32. The van der Waals surface area contributed by atoms with Crippen molar-refractivity contribution in [3.63, 3.8) is 0 Å². The summed E-state index contributed by atoms with van der Waals surface area (Å²) in [7, 11) is 0. The summed E-state index contributed by atoms with van der Waals surface area (Å²) in [5.74, 6) is 0.617. The molecule has 0 aromatic rings. The van der Waals surface area contributed by atoms with Crippen LogP contribution in [0.25, 0.3) is 0 Å². The summed E-state index contributed by atoms with van der Waals surface area (Å²) < 4.78 is 11.3. The third-order valence-electron chi connectivity index (χ3n) is 2.90. The highest BCUT2D eigenvalue weighted by molar-refractivity contribution is 4.82. The number of hydrogen-bond acceptors (Lipinski definition) is 2. The van der Waals surface area contributed by atoms with Gasteiger partial charge in [-0.2, -0.15) is 0 Å². The Hall–Kier alpha value is -0.0800. The van der Waals surface area contributed by atoms with Gasteiger partial charge in [0.2, 0.25) is 0 Å². The van der Waals surface area contributed by atoms with Crippen molar-refractivity contribution in [2.24, 2.45) is 5.92 Å². The Morgan fingerprint density at radius 3 is 2.09 bits per heavy atom. The second-order valence-electron chi connectivity index (χ2n) is 3.61. The van der Waals surface area contributed by atoms with E-state index in [-0.39, 0.29) is 0 Å². The van der Waals surface area contributed by atoms with Crippen molar-refractivity contribution in [2.45, 2.75) is 38.4 Å². The Morgan fingerprint density at radius 2 is 1.55 bits per heavy atom. The van der Waals surface area contributed by atoms with Gasteiger partial charge in [0.05, 0.1) is 25.4 Å². The van der Waals surface area contributed by atoms with Gasteiger partial charge in [-0.15, -0.1) is 0 Å². The summed E-state index contributed by atoms with van der Waals surface area (Å²) in [6, 6.07) is 0. The van der Waals surface area contributed by atoms with E-state index in [0.29, 0.717) is 18.1 Å². The van der Waals surface area contributed by atoms with Crippen molar-refractivity contribution < 1.29 is 9.47 Å². The van der Waals surface area contributed by atoms with Crippen molar-refractivity contribution in [1.82, 2.24) is 0 Å². The largest absolute Gasteiger partial charge is 0.375 e. The van der Waals surface area contributed by atoms with Crippen LogP contribution < -0.4 is 0 Å². The van der Waals surface area contributed by atoms with Crippen LogP contribution in [0.15, 0.2) is 0 Å². The van der Waals surface area contributed by atoms with Gasteiger partial charge >= 0.3 is 0 Å². The van der Waals surface area contributed by atoms with Crippen molar-refractivity contribution in [3.05, 3.63) is 0 Å². The molecule has 1 saturated carbocycles. The highest BCUT2D eigenvalue weighted by atomic mass is 16.5. The van der Waals surface area contributed by atoms with Crippen molar-refractivity contribution in [1.29, 1.82) is 0 Å². The summed E-state index contributed by atoms with van der Waals surface area (Å²) in [4.78, 5) is 0. The van der Waals surface area contributed by atoms with Crippen LogP contribution >= 0.6 is 0 Å². The SMILES string of the molecule is CC1C2CCCC1OCCO2. The van der Waals surface area contributed by atoms with E-state index in [1.807, 2.05) is 0 Å². The quantitative estimate of drug-likeness (QED) is 0.530. The third-order valence-corrected chi connectivity index (χ3v) is 2.90. The molecule has 0 spiro atoms. The third kappa shape index (κ3) is 1.42. The standard InChI is InChI=1S/C9H16O2/c1-7-8-3-2-4-9(7)11-6-5-10-8/h7-9H,2-6H2,1H3. The van der Waals surface area contributed by atoms with E-state index in [1.165, 1.54) is 19.3 Å². The summed E-state index contributed by atoms with van der Waals surface area (Å²) in [5.41, 5.74) is 0. The van der Waals surface area contributed by atoms with Crippen LogP contribution in [0.1, 0.15) is 26.2 Å². The average molecular weight is 156 g/mol. The molecule has 2 atom stereocenters. The molecular formula is C9H16O2. The molecule has 11 heavy (non-hydrogen) atoms. The van der Waals surface area contributed by atoms with Gasteiger partial charge in [0.1, 0.15) is 0 Å². The maximum atomic E-state index is 5.66. The first-order chi connectivity index (χ1) is 5.38. The predicted octanol–water partition coefficient (Wildman–Crippen LogP) is 1.59. The van der Waals surface area contributed by atoms with E-state index >= 15 is 0 Å². The Balaban J connectivity index is 2.06. The lowest BCUT2D eigenvalue weighted by Crippen LogP contribution is -2.34. The monoisotopic (exact) mass is 156 g/mol. The molecule has 2 fully saturated rings. The molecule has 0 aromatic heterocycles. The van der Waals surface area contributed by atoms with Gasteiger partial charge in [-0.3, -0.25) is 0 Å². The lowest BCUT2D eigenvalue weighted by Gasteiger charge is -2.32. The second-order valence-corrected chi connectivity index (χ2v) is 3.61. The molecule has 2 rings (SSSR count). The topological polar surface area (TPSA) is 18.5 Å². The van der Waals surface area contributed by atoms with Crippen LogP contribution in [0.3, 0.4) is 0 Å². The van der Waals surface area contributed by atoms with Crippen LogP contribution in [-0.2, 0) is 9.47 Å². The number of hydrogen-bond donors (Lipinski definition) is 0. The fourth-order valence-electron chi connectivity index (χ4n) is 2.15. The van der Waals surface area contributed by atoms with Gasteiger partial charge in [-0.05, 0) is 19.3 Å². The molecule has 1 aliphatic carbocycles. The molecule has 2 bridgehead atoms. The highest BCUT2D eigenvalue weighted by Crippen LogP contribution is 2.30. The molecule has 0 aromatic carbocycles. The minimum absolute atomic E-state index is 0.483. The Morgan fingerprint density at radius 1 is 1.00 bits per heavy atom. The number of ether oxygens (including phenoxy) is 2. The molecule has 2 aliphatic rings. The van der Waals surface area contributed by atoms with E-state index in [4.69, 9.17) is 9.47 Å². The first kappa shape index (κ1) is 7.56. The normalized spacial score (nSPS) is 45.0. The van der Waals surface area contributed by atoms with Gasteiger partial charge in [-0.25, -0.2) is 0 Å². The predicted molar refractivity (Wildman–Crippen MR) is 42.5 cm³/mol. The fourth-order valence-corrected chi connectivity index (χ4v) is 2.15. The van der Waals surface area contributed by atoms with Crippen molar-refractivity contribution >= 4 is 0 Å². The van der Waals surface area contributed by atoms with Crippen LogP contribution in [0, 0.1) is 5.92 Å². The van der Waals surface area contributed by atoms with Gasteiger partial charge in [0, 0.05) is 5.92 Å². The Labute approximate surface area is 67.9 Å². The molecule has 0 radical (unpaired) electrons. The van der Waals surface area contributed by atoms with Crippen LogP contribution in [-0.4, -0.2) is 25.4 Å². The summed E-state index contributed by atoms with van der Waals surface area (Å²) >= 11 is 0. The molecule has 0 N–H and O–H groups in total. The number of fused-ring (bicyclic) bond motifs is 2. The molecule has 2 unspecified atom stereocenters. The van der Waals surface area contributed by atoms with Gasteiger partial charge in [-0.1, -0.05) is 6.92 Å². The first-order valence-corrected chi connectivity index (χ1v) is 4.61. The summed E-state index contributed by atoms with van der Waals surface area (Å²) in [6.07, 6.45) is 4.72. The average Bonchev–Trinajstić information content (AvgIpc) is 2.17. The zero-order valence-corrected chi connectivity index (χ0v) is 7.08. The van der Waals surface area contributed by atoms with Gasteiger partial charge < -0.3 is 9.47 Å². The Kier molecular flexibility index (Phi) is 2.14. The maximum absolute atomic E-state index is 5.66. The minimum atomic E-state index is 0.483. The van der Waals surface area contributed by atoms with Gasteiger partial charge in [0.15, 0.2) is 0 Å². The number of rotatable bonds is 0. The van der Waals surface area contributed by atoms with E-state index in [1.54, 1.807) is 0 Å². The Bertz CT molecular complexity index is 122. The lowest BCUT2D eigenvalue weighted by molar-refractivity contribution is -0.0160. The molecule has 64 valence electrons. The molecular weight excluding hydrogens is 140 g/mol. The van der Waals surface area contributed by atoms with Crippen molar-refractivity contribution in [2.75, 3.05) is 13.2 Å². The fraction of sp³-hybridized carbons (Fsp3) is 1.00. The summed E-state index contributed by atoms with van der Waals surface area (Å²) in [6.45, 7) is 3.84. The van der Waals surface area contributed by atoms with Crippen molar-refractivity contribution in [3.8, 4) is 0 Å². The maximum Gasteiger partial charge on any atom is 0.0704 e. The molecule has 1 aliphatic heterocycles.